The predicted molar refractivity (Wildman–Crippen MR) is 78.0 cm³/mol. The number of halogens is 1. The molecule has 0 bridgehead atoms. The van der Waals surface area contributed by atoms with Gasteiger partial charge in [0.05, 0.1) is 11.7 Å². The number of carboxylic acids is 1. The first-order valence-corrected chi connectivity index (χ1v) is 7.30. The fraction of sp³-hybridized carbons (Fsp3) is 0.500. The summed E-state index contributed by atoms with van der Waals surface area (Å²) in [6, 6.07) is 5.36. The summed E-state index contributed by atoms with van der Waals surface area (Å²) in [4.78, 5) is 13.2. The van der Waals surface area contributed by atoms with Crippen molar-refractivity contribution in [1.29, 1.82) is 0 Å². The van der Waals surface area contributed by atoms with Crippen LogP contribution in [0.15, 0.2) is 22.7 Å². The summed E-state index contributed by atoms with van der Waals surface area (Å²) in [6.45, 7) is 4.67. The van der Waals surface area contributed by atoms with E-state index in [4.69, 9.17) is 9.84 Å². The molecule has 1 aromatic carbocycles. The Kier molecular flexibility index (Phi) is 4.82. The third-order valence-corrected chi connectivity index (χ3v) is 4.03. The Morgan fingerprint density at radius 3 is 2.89 bits per heavy atom. The number of likely N-dealkylation sites (N-methyl/N-ethyl adjacent to an activating group) is 1. The second-order valence-corrected chi connectivity index (χ2v) is 5.50. The SMILES string of the molecule is CCN(CC1CCCO1)c1ccc(C(=O)O)c(Br)c1. The van der Waals surface area contributed by atoms with Crippen LogP contribution in [0.3, 0.4) is 0 Å². The molecule has 0 spiro atoms. The number of nitrogens with zero attached hydrogens (tertiary/aromatic N) is 1. The molecular weight excluding hydrogens is 310 g/mol. The van der Waals surface area contributed by atoms with E-state index in [0.717, 1.165) is 38.2 Å². The second kappa shape index (κ2) is 6.39. The molecule has 0 amide bonds. The van der Waals surface area contributed by atoms with E-state index in [2.05, 4.69) is 27.8 Å². The first kappa shape index (κ1) is 14.3. The highest BCUT2D eigenvalue weighted by molar-refractivity contribution is 9.10. The van der Waals surface area contributed by atoms with Gasteiger partial charge in [-0.2, -0.15) is 0 Å². The maximum atomic E-state index is 11.0. The van der Waals surface area contributed by atoms with Crippen LogP contribution in [0.1, 0.15) is 30.1 Å². The molecule has 0 saturated carbocycles. The third-order valence-electron chi connectivity index (χ3n) is 3.38. The fourth-order valence-electron chi connectivity index (χ4n) is 2.33. The van der Waals surface area contributed by atoms with E-state index in [1.165, 1.54) is 0 Å². The van der Waals surface area contributed by atoms with Crippen molar-refractivity contribution >= 4 is 27.6 Å². The highest BCUT2D eigenvalue weighted by Gasteiger charge is 2.19. The number of anilines is 1. The fourth-order valence-corrected chi connectivity index (χ4v) is 2.86. The molecule has 4 nitrogen and oxygen atoms in total. The van der Waals surface area contributed by atoms with Crippen molar-refractivity contribution in [2.24, 2.45) is 0 Å². The van der Waals surface area contributed by atoms with Gasteiger partial charge in [-0.15, -0.1) is 0 Å². The van der Waals surface area contributed by atoms with Crippen molar-refractivity contribution in [1.82, 2.24) is 0 Å². The Morgan fingerprint density at radius 2 is 2.37 bits per heavy atom. The highest BCUT2D eigenvalue weighted by Crippen LogP contribution is 2.25. The van der Waals surface area contributed by atoms with Crippen molar-refractivity contribution in [2.75, 3.05) is 24.6 Å². The molecule has 104 valence electrons. The molecule has 1 saturated heterocycles. The van der Waals surface area contributed by atoms with E-state index < -0.39 is 5.97 Å². The summed E-state index contributed by atoms with van der Waals surface area (Å²) < 4.78 is 6.27. The predicted octanol–water partition coefficient (Wildman–Crippen LogP) is 3.15. The van der Waals surface area contributed by atoms with Crippen molar-refractivity contribution in [2.45, 2.75) is 25.9 Å². The van der Waals surface area contributed by atoms with Crippen LogP contribution < -0.4 is 4.90 Å². The van der Waals surface area contributed by atoms with Crippen LogP contribution in [0.25, 0.3) is 0 Å². The van der Waals surface area contributed by atoms with E-state index in [-0.39, 0.29) is 11.7 Å². The van der Waals surface area contributed by atoms with Gasteiger partial charge in [-0.05, 0) is 53.9 Å². The van der Waals surface area contributed by atoms with Gasteiger partial charge in [0.25, 0.3) is 0 Å². The van der Waals surface area contributed by atoms with Crippen LogP contribution in [0.4, 0.5) is 5.69 Å². The first-order chi connectivity index (χ1) is 9.11. The molecule has 19 heavy (non-hydrogen) atoms. The van der Waals surface area contributed by atoms with Gasteiger partial charge in [0.15, 0.2) is 0 Å². The molecule has 1 aliphatic heterocycles. The lowest BCUT2D eigenvalue weighted by atomic mass is 10.1. The van der Waals surface area contributed by atoms with E-state index in [1.807, 2.05) is 12.1 Å². The van der Waals surface area contributed by atoms with Gasteiger partial charge in [-0.3, -0.25) is 0 Å². The Morgan fingerprint density at radius 1 is 1.58 bits per heavy atom. The number of hydrogen-bond acceptors (Lipinski definition) is 3. The minimum absolute atomic E-state index is 0.289. The van der Waals surface area contributed by atoms with Gasteiger partial charge in [0, 0.05) is 29.9 Å². The van der Waals surface area contributed by atoms with Crippen molar-refractivity contribution in [3.05, 3.63) is 28.2 Å². The highest BCUT2D eigenvalue weighted by atomic mass is 79.9. The summed E-state index contributed by atoms with van der Waals surface area (Å²) in [7, 11) is 0. The minimum atomic E-state index is -0.916. The third kappa shape index (κ3) is 3.48. The molecule has 1 heterocycles. The summed E-state index contributed by atoms with van der Waals surface area (Å²) >= 11 is 3.32. The molecule has 1 fully saturated rings. The summed E-state index contributed by atoms with van der Waals surface area (Å²) in [5.74, 6) is -0.916. The lowest BCUT2D eigenvalue weighted by Crippen LogP contribution is -2.32. The maximum absolute atomic E-state index is 11.0. The molecule has 0 aromatic heterocycles. The second-order valence-electron chi connectivity index (χ2n) is 4.64. The molecular formula is C14H18BrNO3. The molecule has 1 N–H and O–H groups in total. The Hall–Kier alpha value is -1.07. The van der Waals surface area contributed by atoms with Gasteiger partial charge in [-0.25, -0.2) is 4.79 Å². The van der Waals surface area contributed by atoms with Gasteiger partial charge >= 0.3 is 5.97 Å². The number of carbonyl (C=O) groups is 1. The van der Waals surface area contributed by atoms with E-state index in [0.29, 0.717) is 4.47 Å². The smallest absolute Gasteiger partial charge is 0.336 e. The van der Waals surface area contributed by atoms with E-state index in [9.17, 15) is 4.79 Å². The van der Waals surface area contributed by atoms with E-state index >= 15 is 0 Å². The minimum Gasteiger partial charge on any atom is -0.478 e. The number of hydrogen-bond donors (Lipinski definition) is 1. The monoisotopic (exact) mass is 327 g/mol. The summed E-state index contributed by atoms with van der Waals surface area (Å²) in [5.41, 5.74) is 1.31. The normalized spacial score (nSPS) is 18.5. The molecule has 0 radical (unpaired) electrons. The number of ether oxygens (including phenoxy) is 1. The molecule has 0 aliphatic carbocycles. The Labute approximate surface area is 121 Å². The largest absolute Gasteiger partial charge is 0.478 e. The van der Waals surface area contributed by atoms with Crippen LogP contribution in [0.2, 0.25) is 0 Å². The van der Waals surface area contributed by atoms with Gasteiger partial charge in [0.2, 0.25) is 0 Å². The summed E-state index contributed by atoms with van der Waals surface area (Å²) in [5, 5.41) is 9.02. The zero-order valence-electron chi connectivity index (χ0n) is 10.9. The van der Waals surface area contributed by atoms with Crippen molar-refractivity contribution in [3.8, 4) is 0 Å². The molecule has 5 heteroatoms. The molecule has 1 unspecified atom stereocenters. The molecule has 1 atom stereocenters. The average molecular weight is 328 g/mol. The Bertz CT molecular complexity index is 458. The van der Waals surface area contributed by atoms with Crippen LogP contribution in [0.5, 0.6) is 0 Å². The van der Waals surface area contributed by atoms with Gasteiger partial charge < -0.3 is 14.7 Å². The molecule has 2 rings (SSSR count). The quantitative estimate of drug-likeness (QED) is 0.902. The van der Waals surface area contributed by atoms with E-state index in [1.54, 1.807) is 6.07 Å². The average Bonchev–Trinajstić information content (AvgIpc) is 2.88. The van der Waals surface area contributed by atoms with Gasteiger partial charge in [-0.1, -0.05) is 0 Å². The zero-order chi connectivity index (χ0) is 13.8. The van der Waals surface area contributed by atoms with Crippen LogP contribution >= 0.6 is 15.9 Å². The number of benzene rings is 1. The van der Waals surface area contributed by atoms with Crippen molar-refractivity contribution in [3.63, 3.8) is 0 Å². The van der Waals surface area contributed by atoms with Crippen LogP contribution in [-0.4, -0.2) is 36.9 Å². The topological polar surface area (TPSA) is 49.8 Å². The Balaban J connectivity index is 2.13. The van der Waals surface area contributed by atoms with Crippen LogP contribution in [-0.2, 0) is 4.74 Å². The first-order valence-electron chi connectivity index (χ1n) is 6.51. The zero-order valence-corrected chi connectivity index (χ0v) is 12.5. The van der Waals surface area contributed by atoms with Crippen molar-refractivity contribution < 1.29 is 14.6 Å². The number of aromatic carboxylic acids is 1. The number of carboxylic acid groups (broad SMARTS) is 1. The molecule has 1 aromatic rings. The summed E-state index contributed by atoms with van der Waals surface area (Å²) in [6.07, 6.45) is 2.52. The molecule has 1 aliphatic rings. The standard InChI is InChI=1S/C14H18BrNO3/c1-2-16(9-11-4-3-7-19-11)10-5-6-12(14(17)18)13(15)8-10/h5-6,8,11H,2-4,7,9H2,1H3,(H,17,18). The lowest BCUT2D eigenvalue weighted by Gasteiger charge is -2.26. The van der Waals surface area contributed by atoms with Gasteiger partial charge in [0.1, 0.15) is 0 Å². The van der Waals surface area contributed by atoms with Crippen LogP contribution in [0, 0.1) is 0 Å². The number of rotatable bonds is 5. The maximum Gasteiger partial charge on any atom is 0.336 e. The lowest BCUT2D eigenvalue weighted by molar-refractivity contribution is 0.0696.